The average molecular weight is 443 g/mol. The number of carbonyl (C=O) groups is 2. The number of ether oxygens (including phenoxy) is 1. The van der Waals surface area contributed by atoms with Gasteiger partial charge in [0.2, 0.25) is 5.91 Å². The number of hydrogen-bond donors (Lipinski definition) is 2. The lowest BCUT2D eigenvalue weighted by molar-refractivity contribution is -0.134. The number of hydrogen-bond acceptors (Lipinski definition) is 4. The lowest BCUT2D eigenvalue weighted by Crippen LogP contribution is -2.57. The number of piperazine rings is 1. The third kappa shape index (κ3) is 5.69. The highest BCUT2D eigenvalue weighted by Gasteiger charge is 2.32. The summed E-state index contributed by atoms with van der Waals surface area (Å²) in [5.74, 6) is 0.283. The highest BCUT2D eigenvalue weighted by Crippen LogP contribution is 2.21. The molecule has 0 spiro atoms. The SMILES string of the molecule is CCC(C)C(NC(=O)Nc1ccc(OC)cc1)C(=O)N1CCN(c2ccccc2F)CC1. The Labute approximate surface area is 188 Å². The molecule has 1 aliphatic heterocycles. The van der Waals surface area contributed by atoms with Gasteiger partial charge in [0.1, 0.15) is 17.6 Å². The molecule has 3 rings (SSSR count). The number of methoxy groups -OCH3 is 1. The molecule has 172 valence electrons. The average Bonchev–Trinajstić information content (AvgIpc) is 2.82. The van der Waals surface area contributed by atoms with Gasteiger partial charge >= 0.3 is 6.03 Å². The number of carbonyl (C=O) groups excluding carboxylic acids is 2. The number of halogens is 1. The maximum absolute atomic E-state index is 14.1. The number of nitrogens with zero attached hydrogens (tertiary/aromatic N) is 2. The number of rotatable bonds is 7. The first-order chi connectivity index (χ1) is 15.4. The Balaban J connectivity index is 1.61. The summed E-state index contributed by atoms with van der Waals surface area (Å²) in [5.41, 5.74) is 1.16. The standard InChI is InChI=1S/C24H31FN4O3/c1-4-17(2)22(27-24(31)26-18-9-11-19(32-3)12-10-18)23(30)29-15-13-28(14-16-29)21-8-6-5-7-20(21)25/h5-12,17,22H,4,13-16H2,1-3H3,(H2,26,27,31). The molecule has 0 aromatic heterocycles. The van der Waals surface area contributed by atoms with Gasteiger partial charge in [-0.15, -0.1) is 0 Å². The molecule has 1 heterocycles. The third-order valence-electron chi connectivity index (χ3n) is 5.90. The molecular formula is C24H31FN4O3. The Kier molecular flexibility index (Phi) is 7.92. The molecule has 2 unspecified atom stereocenters. The molecule has 3 amide bonds. The highest BCUT2D eigenvalue weighted by atomic mass is 19.1. The molecule has 1 saturated heterocycles. The molecule has 8 heteroatoms. The lowest BCUT2D eigenvalue weighted by Gasteiger charge is -2.38. The lowest BCUT2D eigenvalue weighted by atomic mass is 9.97. The van der Waals surface area contributed by atoms with Gasteiger partial charge in [0.05, 0.1) is 12.8 Å². The van der Waals surface area contributed by atoms with E-state index in [4.69, 9.17) is 4.74 Å². The first-order valence-corrected chi connectivity index (χ1v) is 10.9. The number of benzene rings is 2. The topological polar surface area (TPSA) is 73.9 Å². The second-order valence-corrected chi connectivity index (χ2v) is 7.95. The van der Waals surface area contributed by atoms with E-state index in [1.54, 1.807) is 54.5 Å². The van der Waals surface area contributed by atoms with Gasteiger partial charge in [-0.05, 0) is 42.3 Å². The van der Waals surface area contributed by atoms with Crippen molar-refractivity contribution in [3.8, 4) is 5.75 Å². The highest BCUT2D eigenvalue weighted by molar-refractivity contribution is 5.94. The van der Waals surface area contributed by atoms with E-state index in [1.165, 1.54) is 6.07 Å². The zero-order valence-electron chi connectivity index (χ0n) is 18.8. The van der Waals surface area contributed by atoms with Gasteiger partial charge < -0.3 is 25.2 Å². The number of urea groups is 1. The smallest absolute Gasteiger partial charge is 0.319 e. The molecule has 1 aliphatic rings. The van der Waals surface area contributed by atoms with E-state index in [-0.39, 0.29) is 17.6 Å². The molecule has 0 aliphatic carbocycles. The summed E-state index contributed by atoms with van der Waals surface area (Å²) in [5, 5.41) is 5.62. The van der Waals surface area contributed by atoms with Crippen LogP contribution in [0.2, 0.25) is 0 Å². The summed E-state index contributed by atoms with van der Waals surface area (Å²) in [6.07, 6.45) is 0.744. The van der Waals surface area contributed by atoms with Crippen molar-refractivity contribution in [1.29, 1.82) is 0 Å². The summed E-state index contributed by atoms with van der Waals surface area (Å²) in [4.78, 5) is 29.5. The third-order valence-corrected chi connectivity index (χ3v) is 5.90. The van der Waals surface area contributed by atoms with Gasteiger partial charge in [-0.25, -0.2) is 9.18 Å². The van der Waals surface area contributed by atoms with E-state index >= 15 is 0 Å². The normalized spacial score (nSPS) is 15.6. The van der Waals surface area contributed by atoms with Crippen LogP contribution in [0, 0.1) is 11.7 Å². The summed E-state index contributed by atoms with van der Waals surface area (Å²) >= 11 is 0. The van der Waals surface area contributed by atoms with E-state index in [0.717, 1.165) is 6.42 Å². The van der Waals surface area contributed by atoms with Crippen LogP contribution in [0.15, 0.2) is 48.5 Å². The largest absolute Gasteiger partial charge is 0.497 e. The van der Waals surface area contributed by atoms with Crippen molar-refractivity contribution in [2.45, 2.75) is 26.3 Å². The van der Waals surface area contributed by atoms with Crippen molar-refractivity contribution in [3.63, 3.8) is 0 Å². The second kappa shape index (κ2) is 10.8. The molecule has 0 saturated carbocycles. The molecule has 2 atom stereocenters. The van der Waals surface area contributed by atoms with Crippen molar-refractivity contribution in [2.75, 3.05) is 43.5 Å². The van der Waals surface area contributed by atoms with Gasteiger partial charge in [0, 0.05) is 31.9 Å². The maximum Gasteiger partial charge on any atom is 0.319 e. The molecule has 2 aromatic rings. The first kappa shape index (κ1) is 23.4. The number of nitrogens with one attached hydrogen (secondary N) is 2. The van der Waals surface area contributed by atoms with Gasteiger partial charge in [-0.1, -0.05) is 32.4 Å². The molecule has 1 fully saturated rings. The van der Waals surface area contributed by atoms with Crippen LogP contribution in [-0.2, 0) is 4.79 Å². The fourth-order valence-corrected chi connectivity index (χ4v) is 3.74. The van der Waals surface area contributed by atoms with Gasteiger partial charge in [0.15, 0.2) is 0 Å². The van der Waals surface area contributed by atoms with Crippen LogP contribution in [0.5, 0.6) is 5.75 Å². The van der Waals surface area contributed by atoms with Gasteiger partial charge in [-0.3, -0.25) is 4.79 Å². The molecule has 7 nitrogen and oxygen atoms in total. The Bertz CT molecular complexity index is 914. The van der Waals surface area contributed by atoms with Crippen LogP contribution in [0.25, 0.3) is 0 Å². The van der Waals surface area contributed by atoms with E-state index < -0.39 is 12.1 Å². The summed E-state index contributed by atoms with van der Waals surface area (Å²) < 4.78 is 19.2. The minimum absolute atomic E-state index is 0.0336. The van der Waals surface area contributed by atoms with Crippen LogP contribution in [0.1, 0.15) is 20.3 Å². The zero-order chi connectivity index (χ0) is 23.1. The van der Waals surface area contributed by atoms with Crippen LogP contribution in [0.3, 0.4) is 0 Å². The van der Waals surface area contributed by atoms with E-state index in [2.05, 4.69) is 10.6 Å². The van der Waals surface area contributed by atoms with Crippen LogP contribution < -0.4 is 20.3 Å². The Hall–Kier alpha value is -3.29. The Morgan fingerprint density at radius 2 is 1.72 bits per heavy atom. The van der Waals surface area contributed by atoms with Crippen LogP contribution in [-0.4, -0.2) is 56.2 Å². The predicted octanol–water partition coefficient (Wildman–Crippen LogP) is 3.72. The predicted molar refractivity (Wildman–Crippen MR) is 124 cm³/mol. The van der Waals surface area contributed by atoms with Crippen molar-refractivity contribution >= 4 is 23.3 Å². The summed E-state index contributed by atoms with van der Waals surface area (Å²) in [6.45, 7) is 5.97. The fourth-order valence-electron chi connectivity index (χ4n) is 3.74. The molecular weight excluding hydrogens is 411 g/mol. The van der Waals surface area contributed by atoms with E-state index in [0.29, 0.717) is 43.3 Å². The molecule has 32 heavy (non-hydrogen) atoms. The fraction of sp³-hybridized carbons (Fsp3) is 0.417. The van der Waals surface area contributed by atoms with Crippen molar-refractivity contribution in [2.24, 2.45) is 5.92 Å². The van der Waals surface area contributed by atoms with Gasteiger partial charge in [-0.2, -0.15) is 0 Å². The zero-order valence-corrected chi connectivity index (χ0v) is 18.8. The van der Waals surface area contributed by atoms with Crippen molar-refractivity contribution < 1.29 is 18.7 Å². The number of amides is 3. The van der Waals surface area contributed by atoms with Crippen molar-refractivity contribution in [1.82, 2.24) is 10.2 Å². The van der Waals surface area contributed by atoms with Crippen molar-refractivity contribution in [3.05, 3.63) is 54.3 Å². The minimum Gasteiger partial charge on any atom is -0.497 e. The number of para-hydroxylation sites is 1. The Morgan fingerprint density at radius 3 is 2.31 bits per heavy atom. The quantitative estimate of drug-likeness (QED) is 0.686. The van der Waals surface area contributed by atoms with Crippen LogP contribution in [0.4, 0.5) is 20.6 Å². The maximum atomic E-state index is 14.1. The molecule has 2 N–H and O–H groups in total. The minimum atomic E-state index is -0.641. The first-order valence-electron chi connectivity index (χ1n) is 10.9. The summed E-state index contributed by atoms with van der Waals surface area (Å²) in [7, 11) is 1.58. The second-order valence-electron chi connectivity index (χ2n) is 7.95. The molecule has 0 bridgehead atoms. The van der Waals surface area contributed by atoms with Gasteiger partial charge in [0.25, 0.3) is 0 Å². The summed E-state index contributed by atoms with van der Waals surface area (Å²) in [6, 6.07) is 12.6. The van der Waals surface area contributed by atoms with E-state index in [1.807, 2.05) is 18.7 Å². The number of anilines is 2. The molecule has 0 radical (unpaired) electrons. The van der Waals surface area contributed by atoms with Crippen LogP contribution >= 0.6 is 0 Å². The van der Waals surface area contributed by atoms with E-state index in [9.17, 15) is 14.0 Å². The molecule has 2 aromatic carbocycles. The Morgan fingerprint density at radius 1 is 1.06 bits per heavy atom. The monoisotopic (exact) mass is 442 g/mol.